The molecule has 1 aliphatic carbocycles. The summed E-state index contributed by atoms with van der Waals surface area (Å²) in [6, 6.07) is 12.6. The molecule has 29 heavy (non-hydrogen) atoms. The van der Waals surface area contributed by atoms with Crippen molar-refractivity contribution in [1.29, 1.82) is 0 Å². The van der Waals surface area contributed by atoms with Gasteiger partial charge in [-0.3, -0.25) is 4.79 Å². The third-order valence-corrected chi connectivity index (χ3v) is 6.25. The quantitative estimate of drug-likeness (QED) is 0.681. The smallest absolute Gasteiger partial charge is 0.162 e. The number of carbonyl (C=O) groups is 1. The van der Waals surface area contributed by atoms with E-state index >= 15 is 0 Å². The van der Waals surface area contributed by atoms with Gasteiger partial charge in [0, 0.05) is 29.5 Å². The molecular formula is C26H32N2O. The van der Waals surface area contributed by atoms with Gasteiger partial charge in [-0.2, -0.15) is 0 Å². The predicted octanol–water partition coefficient (Wildman–Crippen LogP) is 6.04. The summed E-state index contributed by atoms with van der Waals surface area (Å²) >= 11 is 0. The van der Waals surface area contributed by atoms with E-state index in [0.29, 0.717) is 6.42 Å². The maximum absolute atomic E-state index is 13.5. The minimum absolute atomic E-state index is 0.0406. The number of carbonyl (C=O) groups excluding carboxylic acids is 1. The molecule has 1 atom stereocenters. The van der Waals surface area contributed by atoms with E-state index in [4.69, 9.17) is 4.98 Å². The maximum Gasteiger partial charge on any atom is 0.162 e. The summed E-state index contributed by atoms with van der Waals surface area (Å²) in [4.78, 5) is 18.3. The van der Waals surface area contributed by atoms with Crippen LogP contribution in [0.1, 0.15) is 71.1 Å². The first-order chi connectivity index (χ1) is 13.5. The average molecular weight is 389 g/mol. The van der Waals surface area contributed by atoms with Gasteiger partial charge in [0.2, 0.25) is 0 Å². The van der Waals surface area contributed by atoms with E-state index < -0.39 is 5.41 Å². The van der Waals surface area contributed by atoms with E-state index in [9.17, 15) is 4.79 Å². The van der Waals surface area contributed by atoms with E-state index in [1.807, 2.05) is 12.3 Å². The van der Waals surface area contributed by atoms with Crippen LogP contribution in [-0.2, 0) is 16.6 Å². The largest absolute Gasteiger partial charge is 0.343 e. The highest BCUT2D eigenvalue weighted by atomic mass is 16.1. The molecule has 2 heterocycles. The van der Waals surface area contributed by atoms with Crippen molar-refractivity contribution in [3.05, 3.63) is 70.6 Å². The van der Waals surface area contributed by atoms with E-state index in [-0.39, 0.29) is 16.6 Å². The SMILES string of the molecule is CC(C)(C)Cc1ccnc2c1[C@](C)(c1ccccc1)C1=C(CC(C)(C)CC1=O)N2. The van der Waals surface area contributed by atoms with Crippen LogP contribution in [0.5, 0.6) is 0 Å². The van der Waals surface area contributed by atoms with Crippen LogP contribution < -0.4 is 5.32 Å². The Hall–Kier alpha value is -2.42. The lowest BCUT2D eigenvalue weighted by molar-refractivity contribution is -0.118. The number of nitrogens with one attached hydrogen (secondary N) is 1. The van der Waals surface area contributed by atoms with Crippen LogP contribution in [0.3, 0.4) is 0 Å². The second kappa shape index (κ2) is 6.55. The summed E-state index contributed by atoms with van der Waals surface area (Å²) < 4.78 is 0. The van der Waals surface area contributed by atoms with Crippen molar-refractivity contribution in [1.82, 2.24) is 4.98 Å². The summed E-state index contributed by atoms with van der Waals surface area (Å²) in [5.41, 5.74) is 5.16. The fraction of sp³-hybridized carbons (Fsp3) is 0.462. The number of hydrogen-bond acceptors (Lipinski definition) is 3. The van der Waals surface area contributed by atoms with Crippen LogP contribution in [0, 0.1) is 10.8 Å². The van der Waals surface area contributed by atoms with Crippen LogP contribution in [0.25, 0.3) is 0 Å². The zero-order valence-corrected chi connectivity index (χ0v) is 18.5. The minimum Gasteiger partial charge on any atom is -0.343 e. The van der Waals surface area contributed by atoms with Gasteiger partial charge in [-0.1, -0.05) is 65.0 Å². The Morgan fingerprint density at radius 1 is 1.03 bits per heavy atom. The fourth-order valence-corrected chi connectivity index (χ4v) is 5.21. The maximum atomic E-state index is 13.5. The predicted molar refractivity (Wildman–Crippen MR) is 119 cm³/mol. The zero-order chi connectivity index (χ0) is 21.0. The number of allylic oxidation sites excluding steroid dienone is 2. The van der Waals surface area contributed by atoms with Crippen molar-refractivity contribution in [3.63, 3.8) is 0 Å². The summed E-state index contributed by atoms with van der Waals surface area (Å²) in [5, 5.41) is 3.58. The monoisotopic (exact) mass is 388 g/mol. The lowest BCUT2D eigenvalue weighted by atomic mass is 9.60. The molecule has 1 N–H and O–H groups in total. The molecule has 0 bridgehead atoms. The number of rotatable bonds is 2. The van der Waals surface area contributed by atoms with Gasteiger partial charge in [-0.15, -0.1) is 0 Å². The Morgan fingerprint density at radius 3 is 2.38 bits per heavy atom. The van der Waals surface area contributed by atoms with Gasteiger partial charge in [0.05, 0.1) is 5.41 Å². The lowest BCUT2D eigenvalue weighted by Crippen LogP contribution is -2.43. The van der Waals surface area contributed by atoms with E-state index in [2.05, 4.69) is 77.2 Å². The summed E-state index contributed by atoms with van der Waals surface area (Å²) in [6.45, 7) is 13.4. The molecule has 0 saturated heterocycles. The van der Waals surface area contributed by atoms with Gasteiger partial charge in [-0.05, 0) is 47.8 Å². The van der Waals surface area contributed by atoms with Crippen molar-refractivity contribution in [2.45, 2.75) is 66.2 Å². The first-order valence-corrected chi connectivity index (χ1v) is 10.6. The molecule has 1 aromatic heterocycles. The van der Waals surface area contributed by atoms with E-state index in [1.165, 1.54) is 5.56 Å². The van der Waals surface area contributed by atoms with Crippen LogP contribution >= 0.6 is 0 Å². The molecule has 0 unspecified atom stereocenters. The zero-order valence-electron chi connectivity index (χ0n) is 18.5. The van der Waals surface area contributed by atoms with Crippen LogP contribution in [0.2, 0.25) is 0 Å². The molecule has 1 aliphatic heterocycles. The number of aromatic nitrogens is 1. The number of benzene rings is 1. The molecule has 3 nitrogen and oxygen atoms in total. The third kappa shape index (κ3) is 3.41. The molecule has 0 fully saturated rings. The average Bonchev–Trinajstić information content (AvgIpc) is 2.59. The molecule has 3 heteroatoms. The minimum atomic E-state index is -0.500. The van der Waals surface area contributed by atoms with Crippen LogP contribution in [0.15, 0.2) is 53.9 Å². The van der Waals surface area contributed by atoms with Gasteiger partial charge in [-0.25, -0.2) is 4.98 Å². The molecule has 4 rings (SSSR count). The fourth-order valence-electron chi connectivity index (χ4n) is 5.21. The first-order valence-electron chi connectivity index (χ1n) is 10.6. The van der Waals surface area contributed by atoms with Gasteiger partial charge < -0.3 is 5.32 Å². The number of hydrogen-bond donors (Lipinski definition) is 1. The number of ketones is 1. The third-order valence-electron chi connectivity index (χ3n) is 6.25. The molecule has 1 aromatic carbocycles. The molecule has 0 radical (unpaired) electrons. The van der Waals surface area contributed by atoms with Gasteiger partial charge >= 0.3 is 0 Å². The number of pyridine rings is 1. The molecule has 2 aliphatic rings. The van der Waals surface area contributed by atoms with Gasteiger partial charge in [0.15, 0.2) is 5.78 Å². The van der Waals surface area contributed by atoms with Crippen molar-refractivity contribution >= 4 is 11.6 Å². The Labute approximate surface area is 174 Å². The van der Waals surface area contributed by atoms with E-state index in [1.54, 1.807) is 0 Å². The molecule has 0 saturated carbocycles. The Bertz CT molecular complexity index is 995. The normalized spacial score (nSPS) is 23.3. The number of anilines is 1. The van der Waals surface area contributed by atoms with Crippen LogP contribution in [0.4, 0.5) is 5.82 Å². The highest BCUT2D eigenvalue weighted by Gasteiger charge is 2.48. The van der Waals surface area contributed by atoms with Gasteiger partial charge in [0.25, 0.3) is 0 Å². The number of nitrogens with zero attached hydrogens (tertiary/aromatic N) is 1. The highest BCUT2D eigenvalue weighted by molar-refractivity contribution is 6.03. The molecular weight excluding hydrogens is 356 g/mol. The summed E-state index contributed by atoms with van der Waals surface area (Å²) in [6.07, 6.45) is 4.28. The Morgan fingerprint density at radius 2 is 1.72 bits per heavy atom. The van der Waals surface area contributed by atoms with Crippen molar-refractivity contribution in [2.24, 2.45) is 10.8 Å². The number of fused-ring (bicyclic) bond motifs is 1. The Balaban J connectivity index is 2.02. The second-order valence-electron chi connectivity index (χ2n) is 10.8. The number of Topliss-reactive ketones (excluding diaryl/α,β-unsaturated/α-hetero) is 1. The van der Waals surface area contributed by atoms with Crippen molar-refractivity contribution < 1.29 is 4.79 Å². The van der Waals surface area contributed by atoms with E-state index in [0.717, 1.165) is 41.1 Å². The van der Waals surface area contributed by atoms with Crippen molar-refractivity contribution in [3.8, 4) is 0 Å². The summed E-state index contributed by atoms with van der Waals surface area (Å²) in [7, 11) is 0. The highest BCUT2D eigenvalue weighted by Crippen LogP contribution is 2.53. The Kier molecular flexibility index (Phi) is 4.49. The lowest BCUT2D eigenvalue weighted by Gasteiger charge is -2.45. The topological polar surface area (TPSA) is 42.0 Å². The molecule has 0 amide bonds. The molecule has 152 valence electrons. The van der Waals surface area contributed by atoms with Gasteiger partial charge in [0.1, 0.15) is 5.82 Å². The molecule has 2 aromatic rings. The standard InChI is InChI=1S/C26H32N2O/c1-24(2,3)14-17-12-13-27-23-21(17)26(6,18-10-8-7-9-11-18)22-19(28-23)15-25(4,5)16-20(22)29/h7-13H,14-16H2,1-6H3,(H,27,28)/t26-/m0/s1. The second-order valence-corrected chi connectivity index (χ2v) is 10.8. The summed E-state index contributed by atoms with van der Waals surface area (Å²) in [5.74, 6) is 1.16. The van der Waals surface area contributed by atoms with Crippen molar-refractivity contribution in [2.75, 3.05) is 5.32 Å². The van der Waals surface area contributed by atoms with Crippen LogP contribution in [-0.4, -0.2) is 10.8 Å². The first kappa shape index (κ1) is 19.9. The molecule has 0 spiro atoms.